The molecule has 1 heterocycles. The summed E-state index contributed by atoms with van der Waals surface area (Å²) in [6.45, 7) is 4.13. The quantitative estimate of drug-likeness (QED) is 0.765. The molecule has 1 aromatic rings. The van der Waals surface area contributed by atoms with Crippen molar-refractivity contribution in [3.05, 3.63) is 18.3 Å². The summed E-state index contributed by atoms with van der Waals surface area (Å²) in [6.07, 6.45) is 2.82. The first-order valence-corrected chi connectivity index (χ1v) is 5.75. The number of nitrogens with one attached hydrogen (secondary N) is 1. The third-order valence-corrected chi connectivity index (χ3v) is 3.24. The fourth-order valence-corrected chi connectivity index (χ4v) is 1.69. The number of rotatable bonds is 5. The molecule has 0 saturated carbocycles. The van der Waals surface area contributed by atoms with E-state index in [1.54, 1.807) is 6.07 Å². The number of nitrogens with two attached hydrogens (primary N) is 1. The molecule has 18 heavy (non-hydrogen) atoms. The Morgan fingerprint density at radius 2 is 2.11 bits per heavy atom. The van der Waals surface area contributed by atoms with E-state index in [4.69, 9.17) is 5.73 Å². The van der Waals surface area contributed by atoms with Gasteiger partial charge in [-0.2, -0.15) is 0 Å². The summed E-state index contributed by atoms with van der Waals surface area (Å²) in [7, 11) is 0. The van der Waals surface area contributed by atoms with Gasteiger partial charge in [-0.1, -0.05) is 13.8 Å². The maximum Gasteiger partial charge on any atom is 0.233 e. The molecule has 1 amide bonds. The van der Waals surface area contributed by atoms with Gasteiger partial charge in [-0.3, -0.25) is 4.79 Å². The molecule has 0 aliphatic rings. The van der Waals surface area contributed by atoms with Crippen LogP contribution in [0.1, 0.15) is 26.7 Å². The number of anilines is 1. The number of hydrogen-bond acceptors (Lipinski definition) is 4. The lowest BCUT2D eigenvalue weighted by Gasteiger charge is -2.28. The number of aromatic nitrogens is 1. The van der Waals surface area contributed by atoms with E-state index >= 15 is 0 Å². The van der Waals surface area contributed by atoms with Gasteiger partial charge in [-0.05, 0) is 25.0 Å². The molecule has 5 nitrogen and oxygen atoms in total. The Bertz CT molecular complexity index is 386. The van der Waals surface area contributed by atoms with E-state index in [1.165, 1.54) is 12.3 Å². The maximum absolute atomic E-state index is 12.1. The molecule has 0 spiro atoms. The first kappa shape index (κ1) is 16.7. The molecule has 4 N–H and O–H groups in total. The van der Waals surface area contributed by atoms with Gasteiger partial charge in [-0.15, -0.1) is 12.4 Å². The minimum absolute atomic E-state index is 0. The summed E-state index contributed by atoms with van der Waals surface area (Å²) in [5.41, 5.74) is 5.08. The standard InChI is InChI=1S/C12H19N3O2.ClH/c1-3-12(4-2,8-13)11(17)15-10-9(16)6-5-7-14-10;/h5-7,16H,3-4,8,13H2,1-2H3,(H,14,15,17);1H. The average Bonchev–Trinajstić information content (AvgIpc) is 2.35. The molecule has 0 aromatic carbocycles. The number of carbonyl (C=O) groups is 1. The molecule has 0 saturated heterocycles. The van der Waals surface area contributed by atoms with Crippen molar-refractivity contribution >= 4 is 24.1 Å². The number of amides is 1. The van der Waals surface area contributed by atoms with E-state index in [0.29, 0.717) is 12.8 Å². The molecule has 0 aliphatic carbocycles. The smallest absolute Gasteiger partial charge is 0.233 e. The van der Waals surface area contributed by atoms with Crippen molar-refractivity contribution < 1.29 is 9.90 Å². The molecular weight excluding hydrogens is 254 g/mol. The van der Waals surface area contributed by atoms with Gasteiger partial charge >= 0.3 is 0 Å². The lowest BCUT2D eigenvalue weighted by atomic mass is 9.81. The topological polar surface area (TPSA) is 88.2 Å². The summed E-state index contributed by atoms with van der Waals surface area (Å²) in [5.74, 6) is -0.0600. The summed E-state index contributed by atoms with van der Waals surface area (Å²) in [4.78, 5) is 16.0. The van der Waals surface area contributed by atoms with E-state index in [2.05, 4.69) is 10.3 Å². The van der Waals surface area contributed by atoms with Gasteiger partial charge in [0.2, 0.25) is 5.91 Å². The molecule has 0 fully saturated rings. The first-order chi connectivity index (χ1) is 8.09. The Balaban J connectivity index is 0.00000289. The Morgan fingerprint density at radius 3 is 2.56 bits per heavy atom. The number of pyridine rings is 1. The molecule has 0 bridgehead atoms. The highest BCUT2D eigenvalue weighted by atomic mass is 35.5. The third kappa shape index (κ3) is 3.34. The lowest BCUT2D eigenvalue weighted by Crippen LogP contribution is -2.41. The number of carbonyl (C=O) groups excluding carboxylic acids is 1. The van der Waals surface area contributed by atoms with Crippen LogP contribution in [0.3, 0.4) is 0 Å². The molecule has 1 aromatic heterocycles. The predicted molar refractivity (Wildman–Crippen MR) is 73.8 cm³/mol. The van der Waals surface area contributed by atoms with E-state index < -0.39 is 5.41 Å². The lowest BCUT2D eigenvalue weighted by molar-refractivity contribution is -0.125. The highest BCUT2D eigenvalue weighted by Gasteiger charge is 2.33. The summed E-state index contributed by atoms with van der Waals surface area (Å²) in [5, 5.41) is 12.2. The molecule has 1 rings (SSSR count). The van der Waals surface area contributed by atoms with Gasteiger partial charge in [0.05, 0.1) is 5.41 Å². The summed E-state index contributed by atoms with van der Waals surface area (Å²) >= 11 is 0. The molecular formula is C12H20ClN3O2. The van der Waals surface area contributed by atoms with Gasteiger partial charge in [0.1, 0.15) is 0 Å². The molecule has 0 aliphatic heterocycles. The van der Waals surface area contributed by atoms with Crippen LogP contribution in [-0.2, 0) is 4.79 Å². The summed E-state index contributed by atoms with van der Waals surface area (Å²) < 4.78 is 0. The Hall–Kier alpha value is -1.33. The molecule has 102 valence electrons. The van der Waals surface area contributed by atoms with E-state index in [0.717, 1.165) is 0 Å². The van der Waals surface area contributed by atoms with E-state index in [1.807, 2.05) is 13.8 Å². The van der Waals surface area contributed by atoms with Crippen LogP contribution in [-0.4, -0.2) is 22.5 Å². The van der Waals surface area contributed by atoms with Crippen LogP contribution in [0.2, 0.25) is 0 Å². The Kier molecular flexibility index (Phi) is 6.65. The second-order valence-corrected chi connectivity index (χ2v) is 4.02. The van der Waals surface area contributed by atoms with Crippen molar-refractivity contribution in [3.8, 4) is 5.75 Å². The van der Waals surface area contributed by atoms with E-state index in [9.17, 15) is 9.90 Å². The van der Waals surface area contributed by atoms with Crippen molar-refractivity contribution in [3.63, 3.8) is 0 Å². The van der Waals surface area contributed by atoms with Crippen LogP contribution in [0.25, 0.3) is 0 Å². The average molecular weight is 274 g/mol. The fraction of sp³-hybridized carbons (Fsp3) is 0.500. The minimum Gasteiger partial charge on any atom is -0.504 e. The number of nitrogens with zero attached hydrogens (tertiary/aromatic N) is 1. The van der Waals surface area contributed by atoms with Gasteiger partial charge in [0, 0.05) is 12.7 Å². The molecule has 0 atom stereocenters. The minimum atomic E-state index is -0.593. The van der Waals surface area contributed by atoms with Gasteiger partial charge in [0.25, 0.3) is 0 Å². The van der Waals surface area contributed by atoms with Crippen LogP contribution < -0.4 is 11.1 Å². The zero-order valence-corrected chi connectivity index (χ0v) is 11.5. The normalized spacial score (nSPS) is 10.6. The second kappa shape index (κ2) is 7.18. The second-order valence-electron chi connectivity index (χ2n) is 4.02. The zero-order valence-electron chi connectivity index (χ0n) is 10.6. The third-order valence-electron chi connectivity index (χ3n) is 3.24. The van der Waals surface area contributed by atoms with Crippen molar-refractivity contribution in [2.75, 3.05) is 11.9 Å². The summed E-state index contributed by atoms with van der Waals surface area (Å²) in [6, 6.07) is 3.07. The van der Waals surface area contributed by atoms with Crippen molar-refractivity contribution in [1.82, 2.24) is 4.98 Å². The van der Waals surface area contributed by atoms with Crippen LogP contribution in [0.5, 0.6) is 5.75 Å². The Labute approximate surface area is 113 Å². The van der Waals surface area contributed by atoms with Gasteiger partial charge in [0.15, 0.2) is 11.6 Å². The van der Waals surface area contributed by atoms with Gasteiger partial charge < -0.3 is 16.2 Å². The molecule has 6 heteroatoms. The highest BCUT2D eigenvalue weighted by molar-refractivity contribution is 5.95. The van der Waals surface area contributed by atoms with Crippen LogP contribution in [0.4, 0.5) is 5.82 Å². The van der Waals surface area contributed by atoms with Crippen LogP contribution in [0, 0.1) is 5.41 Å². The van der Waals surface area contributed by atoms with Crippen molar-refractivity contribution in [1.29, 1.82) is 0 Å². The number of halogens is 1. The zero-order chi connectivity index (χ0) is 12.9. The monoisotopic (exact) mass is 273 g/mol. The first-order valence-electron chi connectivity index (χ1n) is 5.75. The maximum atomic E-state index is 12.1. The molecule has 0 radical (unpaired) electrons. The fourth-order valence-electron chi connectivity index (χ4n) is 1.69. The van der Waals surface area contributed by atoms with Crippen LogP contribution in [0.15, 0.2) is 18.3 Å². The van der Waals surface area contributed by atoms with Gasteiger partial charge in [-0.25, -0.2) is 4.98 Å². The number of aromatic hydroxyl groups is 1. The van der Waals surface area contributed by atoms with Crippen LogP contribution >= 0.6 is 12.4 Å². The molecule has 0 unspecified atom stereocenters. The SMILES string of the molecule is CCC(CC)(CN)C(=O)Nc1ncccc1O.Cl. The largest absolute Gasteiger partial charge is 0.504 e. The highest BCUT2D eigenvalue weighted by Crippen LogP contribution is 2.28. The Morgan fingerprint density at radius 1 is 1.50 bits per heavy atom. The number of hydrogen-bond donors (Lipinski definition) is 3. The van der Waals surface area contributed by atoms with E-state index in [-0.39, 0.29) is 36.4 Å². The van der Waals surface area contributed by atoms with Crippen molar-refractivity contribution in [2.45, 2.75) is 26.7 Å². The van der Waals surface area contributed by atoms with Crippen molar-refractivity contribution in [2.24, 2.45) is 11.1 Å². The predicted octanol–water partition coefficient (Wildman–Crippen LogP) is 1.91.